The molecule has 12 nitrogen and oxygen atoms in total. The van der Waals surface area contributed by atoms with Gasteiger partial charge in [-0.1, -0.05) is 134 Å². The molecule has 0 aliphatic rings. The van der Waals surface area contributed by atoms with Crippen molar-refractivity contribution in [3.63, 3.8) is 0 Å². The van der Waals surface area contributed by atoms with E-state index in [-0.39, 0.29) is 6.42 Å². The Morgan fingerprint density at radius 1 is 0.491 bits per heavy atom. The smallest absolute Gasteiger partial charge is 0.349 e. The molecule has 0 heterocycles. The van der Waals surface area contributed by atoms with Gasteiger partial charge in [0.1, 0.15) is 0 Å². The fourth-order valence-corrected chi connectivity index (χ4v) is 5.83. The molecule has 0 aromatic carbocycles. The lowest BCUT2D eigenvalue weighted by atomic mass is 9.95. The van der Waals surface area contributed by atoms with E-state index in [0.717, 1.165) is 64.7 Å². The Kier molecular flexibility index (Phi) is 37.6. The van der Waals surface area contributed by atoms with E-state index in [9.17, 15) is 33.9 Å². The lowest BCUT2D eigenvalue weighted by Gasteiger charge is -2.27. The predicted octanol–water partition coefficient (Wildman–Crippen LogP) is 11.2. The lowest BCUT2D eigenvalue weighted by Crippen LogP contribution is -2.48. The highest BCUT2D eigenvalue weighted by molar-refractivity contribution is 5.91. The van der Waals surface area contributed by atoms with Crippen molar-refractivity contribution < 1.29 is 58.7 Å². The van der Waals surface area contributed by atoms with Crippen molar-refractivity contribution in [1.29, 1.82) is 0 Å². The highest BCUT2D eigenvalue weighted by Gasteiger charge is 2.48. The van der Waals surface area contributed by atoms with Crippen molar-refractivity contribution in [3.05, 3.63) is 36.5 Å². The van der Waals surface area contributed by atoms with E-state index < -0.39 is 60.4 Å². The first-order chi connectivity index (χ1) is 27.3. The summed E-state index contributed by atoms with van der Waals surface area (Å²) in [5.74, 6) is -7.94. The summed E-state index contributed by atoms with van der Waals surface area (Å²) in [5, 5.41) is 35.7. The fourth-order valence-electron chi connectivity index (χ4n) is 5.83. The van der Waals surface area contributed by atoms with Crippen LogP contribution in [0.1, 0.15) is 201 Å². The number of hydrogen-bond donors (Lipinski definition) is 4. The average molecular weight is 809 g/mol. The fraction of sp³-hybridized carbons (Fsp3) is 0.733. The Morgan fingerprint density at radius 2 is 0.860 bits per heavy atom. The molecule has 0 spiro atoms. The number of carboxylic acids is 4. The molecule has 1 atom stereocenters. The Morgan fingerprint density at radius 3 is 1.28 bits per heavy atom. The molecule has 12 heteroatoms. The molecule has 0 bridgehead atoms. The summed E-state index contributed by atoms with van der Waals surface area (Å²) in [7, 11) is 0. The van der Waals surface area contributed by atoms with Gasteiger partial charge in [0, 0.05) is 12.8 Å². The normalized spacial score (nSPS) is 12.1. The van der Waals surface area contributed by atoms with Gasteiger partial charge in [-0.05, 0) is 77.6 Å². The van der Waals surface area contributed by atoms with E-state index >= 15 is 0 Å². The molecular weight excluding hydrogens is 732 g/mol. The SMILES string of the molecule is CCCCC/C=C\C/C=C\CCCCCCCC(=O)OC(C)C(=O)OC(CC(=O)O)(CC(=O)O)C(=O)O.CCCCCCCC/C=C\CCCCCCCC(=O)O. The van der Waals surface area contributed by atoms with E-state index in [0.29, 0.717) is 12.8 Å². The van der Waals surface area contributed by atoms with Crippen LogP contribution in [-0.2, 0) is 38.2 Å². The first kappa shape index (κ1) is 55.1. The number of hydrogen-bond acceptors (Lipinski definition) is 8. The maximum absolute atomic E-state index is 12.2. The Bertz CT molecular complexity index is 1160. The third kappa shape index (κ3) is 37.4. The number of allylic oxidation sites excluding steroid dienone is 6. The van der Waals surface area contributed by atoms with Gasteiger partial charge < -0.3 is 29.9 Å². The molecule has 1 unspecified atom stereocenters. The van der Waals surface area contributed by atoms with Gasteiger partial charge in [0.15, 0.2) is 6.10 Å². The van der Waals surface area contributed by atoms with Crippen molar-refractivity contribution in [2.24, 2.45) is 0 Å². The van der Waals surface area contributed by atoms with Crippen LogP contribution in [0, 0.1) is 0 Å². The van der Waals surface area contributed by atoms with E-state index in [1.807, 2.05) is 0 Å². The topological polar surface area (TPSA) is 202 Å². The standard InChI is InChI=1S/C27H42O10.C18H34O2/c1-3-4-5-6-7-8-9-10-11-12-13-14-15-16-17-18-24(32)36-21(2)25(33)37-27(26(34)35,19-22(28)29)20-23(30)31;1-2-3-4-5-6-7-8-9-10-11-12-13-14-15-16-17-18(19)20/h7-8,10-11,21H,3-6,9,12-20H2,1-2H3,(H,28,29)(H,30,31)(H,34,35);9-10H,2-8,11-17H2,1H3,(H,19,20)/b8-7-,11-10-;10-9-. The molecule has 0 saturated carbocycles. The zero-order valence-corrected chi connectivity index (χ0v) is 35.4. The van der Waals surface area contributed by atoms with Crippen LogP contribution in [0.25, 0.3) is 0 Å². The summed E-state index contributed by atoms with van der Waals surface area (Å²) >= 11 is 0. The molecule has 0 aliphatic heterocycles. The van der Waals surface area contributed by atoms with Crippen molar-refractivity contribution in [3.8, 4) is 0 Å². The Labute approximate surface area is 342 Å². The predicted molar refractivity (Wildman–Crippen MR) is 223 cm³/mol. The number of rotatable bonds is 37. The van der Waals surface area contributed by atoms with E-state index in [1.54, 1.807) is 0 Å². The molecule has 57 heavy (non-hydrogen) atoms. The highest BCUT2D eigenvalue weighted by atomic mass is 16.6. The summed E-state index contributed by atoms with van der Waals surface area (Å²) in [6.45, 7) is 5.60. The van der Waals surface area contributed by atoms with Gasteiger partial charge in [-0.2, -0.15) is 0 Å². The molecule has 0 saturated heterocycles. The quantitative estimate of drug-likeness (QED) is 0.0263. The largest absolute Gasteiger partial charge is 0.481 e. The monoisotopic (exact) mass is 809 g/mol. The van der Waals surface area contributed by atoms with Crippen LogP contribution in [-0.4, -0.2) is 67.9 Å². The third-order valence-electron chi connectivity index (χ3n) is 9.18. The molecule has 0 amide bonds. The molecule has 0 rings (SSSR count). The number of unbranched alkanes of at least 4 members (excludes halogenated alkanes) is 19. The van der Waals surface area contributed by atoms with Crippen molar-refractivity contribution in [1.82, 2.24) is 0 Å². The summed E-state index contributed by atoms with van der Waals surface area (Å²) in [4.78, 5) is 68.1. The molecule has 4 N–H and O–H groups in total. The maximum atomic E-state index is 12.2. The van der Waals surface area contributed by atoms with Crippen molar-refractivity contribution >= 4 is 35.8 Å². The van der Waals surface area contributed by atoms with Gasteiger partial charge >= 0.3 is 35.8 Å². The zero-order valence-electron chi connectivity index (χ0n) is 35.4. The molecule has 0 aromatic rings. The van der Waals surface area contributed by atoms with Gasteiger partial charge in [0.2, 0.25) is 5.60 Å². The van der Waals surface area contributed by atoms with Crippen LogP contribution in [0.4, 0.5) is 0 Å². The summed E-state index contributed by atoms with van der Waals surface area (Å²) in [6.07, 6.45) is 37.3. The number of ether oxygens (including phenoxy) is 2. The number of esters is 2. The molecular formula is C45H76O12. The second kappa shape index (κ2) is 38.9. The second-order valence-electron chi connectivity index (χ2n) is 14.7. The molecule has 0 aliphatic carbocycles. The minimum absolute atomic E-state index is 0.0520. The molecule has 0 radical (unpaired) electrons. The molecule has 0 aromatic heterocycles. The van der Waals surface area contributed by atoms with Crippen molar-refractivity contribution in [2.75, 3.05) is 0 Å². The minimum atomic E-state index is -2.81. The van der Waals surface area contributed by atoms with E-state index in [1.165, 1.54) is 89.9 Å². The molecule has 328 valence electrons. The van der Waals surface area contributed by atoms with Gasteiger partial charge in [0.05, 0.1) is 12.8 Å². The molecule has 0 fully saturated rings. The van der Waals surface area contributed by atoms with Crippen LogP contribution in [0.15, 0.2) is 36.5 Å². The number of aliphatic carboxylic acids is 4. The van der Waals surface area contributed by atoms with Crippen LogP contribution < -0.4 is 0 Å². The van der Waals surface area contributed by atoms with Crippen LogP contribution in [0.5, 0.6) is 0 Å². The second-order valence-corrected chi connectivity index (χ2v) is 14.7. The van der Waals surface area contributed by atoms with Gasteiger partial charge in [-0.15, -0.1) is 0 Å². The maximum Gasteiger partial charge on any atom is 0.349 e. The zero-order chi connectivity index (χ0) is 43.0. The van der Waals surface area contributed by atoms with Gasteiger partial charge in [0.25, 0.3) is 0 Å². The number of carbonyl (C=O) groups is 6. The van der Waals surface area contributed by atoms with Crippen LogP contribution in [0.2, 0.25) is 0 Å². The van der Waals surface area contributed by atoms with Gasteiger partial charge in [-0.3, -0.25) is 19.2 Å². The first-order valence-corrected chi connectivity index (χ1v) is 21.6. The van der Waals surface area contributed by atoms with E-state index in [4.69, 9.17) is 24.8 Å². The average Bonchev–Trinajstić information content (AvgIpc) is 3.14. The summed E-state index contributed by atoms with van der Waals surface area (Å²) in [5.41, 5.74) is -2.81. The van der Waals surface area contributed by atoms with E-state index in [2.05, 4.69) is 50.3 Å². The first-order valence-electron chi connectivity index (χ1n) is 21.6. The Balaban J connectivity index is 0. The van der Waals surface area contributed by atoms with Gasteiger partial charge in [-0.25, -0.2) is 9.59 Å². The lowest BCUT2D eigenvalue weighted by molar-refractivity contribution is -0.193. The van der Waals surface area contributed by atoms with Crippen LogP contribution in [0.3, 0.4) is 0 Å². The number of carboxylic acid groups (broad SMARTS) is 4. The Hall–Kier alpha value is -3.96. The van der Waals surface area contributed by atoms with Crippen molar-refractivity contribution in [2.45, 2.75) is 212 Å². The summed E-state index contributed by atoms with van der Waals surface area (Å²) < 4.78 is 9.68. The minimum Gasteiger partial charge on any atom is -0.481 e. The number of carbonyl (C=O) groups excluding carboxylic acids is 2. The summed E-state index contributed by atoms with van der Waals surface area (Å²) in [6, 6.07) is 0. The van der Waals surface area contributed by atoms with Crippen LogP contribution >= 0.6 is 0 Å². The third-order valence-corrected chi connectivity index (χ3v) is 9.18. The highest BCUT2D eigenvalue weighted by Crippen LogP contribution is 2.24.